The SMILES string of the molecule is CC(C)c1ccc2[nH]c(=O)c(CCC(=O)N3CCC4(CC3)OCCO4)cc2c1. The molecule has 0 bridgehead atoms. The second-order valence-corrected chi connectivity index (χ2v) is 8.11. The number of rotatable bonds is 4. The Kier molecular flexibility index (Phi) is 5.25. The third-order valence-corrected chi connectivity index (χ3v) is 5.91. The largest absolute Gasteiger partial charge is 0.347 e. The average Bonchev–Trinajstić information content (AvgIpc) is 3.14. The molecule has 1 aromatic heterocycles. The molecule has 2 fully saturated rings. The highest BCUT2D eigenvalue weighted by Gasteiger charge is 2.40. The van der Waals surface area contributed by atoms with Gasteiger partial charge < -0.3 is 19.4 Å². The molecule has 1 spiro atoms. The number of hydrogen-bond donors (Lipinski definition) is 1. The van der Waals surface area contributed by atoms with Gasteiger partial charge in [0, 0.05) is 43.4 Å². The van der Waals surface area contributed by atoms with E-state index in [0.29, 0.717) is 63.5 Å². The molecule has 6 nitrogen and oxygen atoms in total. The van der Waals surface area contributed by atoms with Crippen LogP contribution in [0.3, 0.4) is 0 Å². The number of H-pyrrole nitrogens is 1. The summed E-state index contributed by atoms with van der Waals surface area (Å²) in [6, 6.07) is 8.05. The van der Waals surface area contributed by atoms with Gasteiger partial charge in [0.15, 0.2) is 5.79 Å². The zero-order chi connectivity index (χ0) is 19.7. The summed E-state index contributed by atoms with van der Waals surface area (Å²) in [5.41, 5.74) is 2.63. The molecule has 150 valence electrons. The van der Waals surface area contributed by atoms with Crippen molar-refractivity contribution in [2.24, 2.45) is 0 Å². The zero-order valence-corrected chi connectivity index (χ0v) is 16.6. The Morgan fingerprint density at radius 3 is 2.57 bits per heavy atom. The summed E-state index contributed by atoms with van der Waals surface area (Å²) in [7, 11) is 0. The summed E-state index contributed by atoms with van der Waals surface area (Å²) in [5, 5.41) is 1.02. The summed E-state index contributed by atoms with van der Waals surface area (Å²) in [6.07, 6.45) is 2.22. The Hall–Kier alpha value is -2.18. The fraction of sp³-hybridized carbons (Fsp3) is 0.545. The summed E-state index contributed by atoms with van der Waals surface area (Å²) in [4.78, 5) is 29.8. The van der Waals surface area contributed by atoms with E-state index in [1.54, 1.807) is 0 Å². The van der Waals surface area contributed by atoms with Gasteiger partial charge in [-0.1, -0.05) is 19.9 Å². The number of aryl methyl sites for hydroxylation is 1. The first-order valence-electron chi connectivity index (χ1n) is 10.2. The van der Waals surface area contributed by atoms with E-state index in [0.717, 1.165) is 10.9 Å². The third-order valence-electron chi connectivity index (χ3n) is 5.91. The smallest absolute Gasteiger partial charge is 0.251 e. The van der Waals surface area contributed by atoms with Crippen molar-refractivity contribution in [3.63, 3.8) is 0 Å². The minimum absolute atomic E-state index is 0.0864. The Bertz CT molecular complexity index is 918. The van der Waals surface area contributed by atoms with E-state index in [1.165, 1.54) is 5.56 Å². The number of piperidine rings is 1. The van der Waals surface area contributed by atoms with E-state index in [9.17, 15) is 9.59 Å². The van der Waals surface area contributed by atoms with E-state index in [1.807, 2.05) is 23.1 Å². The van der Waals surface area contributed by atoms with Gasteiger partial charge in [-0.25, -0.2) is 0 Å². The number of pyridine rings is 1. The van der Waals surface area contributed by atoms with Gasteiger partial charge in [-0.05, 0) is 41.5 Å². The van der Waals surface area contributed by atoms with Crippen molar-refractivity contribution >= 4 is 16.8 Å². The van der Waals surface area contributed by atoms with Crippen LogP contribution in [-0.2, 0) is 20.7 Å². The Labute approximate surface area is 164 Å². The predicted molar refractivity (Wildman–Crippen MR) is 107 cm³/mol. The number of fused-ring (bicyclic) bond motifs is 1. The van der Waals surface area contributed by atoms with E-state index < -0.39 is 5.79 Å². The van der Waals surface area contributed by atoms with Crippen molar-refractivity contribution < 1.29 is 14.3 Å². The molecule has 2 aliphatic heterocycles. The fourth-order valence-corrected chi connectivity index (χ4v) is 4.10. The molecule has 3 heterocycles. The molecule has 28 heavy (non-hydrogen) atoms. The number of amides is 1. The molecule has 2 aliphatic rings. The second kappa shape index (κ2) is 7.68. The molecule has 0 radical (unpaired) electrons. The van der Waals surface area contributed by atoms with Crippen LogP contribution >= 0.6 is 0 Å². The maximum absolute atomic E-state index is 12.6. The second-order valence-electron chi connectivity index (χ2n) is 8.11. The fourth-order valence-electron chi connectivity index (χ4n) is 4.10. The number of nitrogens with one attached hydrogen (secondary N) is 1. The van der Waals surface area contributed by atoms with Crippen molar-refractivity contribution in [3.8, 4) is 0 Å². The van der Waals surface area contributed by atoms with Gasteiger partial charge in [0.2, 0.25) is 5.91 Å². The van der Waals surface area contributed by atoms with E-state index in [2.05, 4.69) is 24.9 Å². The maximum Gasteiger partial charge on any atom is 0.251 e. The molecule has 0 unspecified atom stereocenters. The molecular weight excluding hydrogens is 356 g/mol. The van der Waals surface area contributed by atoms with Crippen molar-refractivity contribution in [3.05, 3.63) is 45.7 Å². The van der Waals surface area contributed by atoms with Crippen molar-refractivity contribution in [2.75, 3.05) is 26.3 Å². The Balaban J connectivity index is 1.41. The minimum atomic E-state index is -0.472. The highest BCUT2D eigenvalue weighted by molar-refractivity contribution is 5.80. The molecule has 2 aromatic rings. The number of hydrogen-bond acceptors (Lipinski definition) is 4. The highest BCUT2D eigenvalue weighted by Crippen LogP contribution is 2.31. The first-order chi connectivity index (χ1) is 13.5. The Morgan fingerprint density at radius 2 is 1.89 bits per heavy atom. The lowest BCUT2D eigenvalue weighted by atomic mass is 9.99. The molecular formula is C22H28N2O4. The maximum atomic E-state index is 12.6. The molecule has 1 N–H and O–H groups in total. The number of aromatic nitrogens is 1. The number of ether oxygens (including phenoxy) is 2. The number of carbonyl (C=O) groups is 1. The van der Waals surface area contributed by atoms with Gasteiger partial charge in [-0.3, -0.25) is 9.59 Å². The van der Waals surface area contributed by atoms with E-state index in [-0.39, 0.29) is 11.5 Å². The number of likely N-dealkylation sites (tertiary alicyclic amines) is 1. The van der Waals surface area contributed by atoms with Crippen LogP contribution in [0.1, 0.15) is 50.2 Å². The first-order valence-corrected chi connectivity index (χ1v) is 10.2. The van der Waals surface area contributed by atoms with Crippen LogP contribution in [0.15, 0.2) is 29.1 Å². The van der Waals surface area contributed by atoms with Gasteiger partial charge >= 0.3 is 0 Å². The minimum Gasteiger partial charge on any atom is -0.347 e. The van der Waals surface area contributed by atoms with E-state index >= 15 is 0 Å². The molecule has 0 saturated carbocycles. The first kappa shape index (κ1) is 19.2. The molecule has 6 heteroatoms. The summed E-state index contributed by atoms with van der Waals surface area (Å²) >= 11 is 0. The number of carbonyl (C=O) groups excluding carboxylic acids is 1. The summed E-state index contributed by atoms with van der Waals surface area (Å²) < 4.78 is 11.4. The van der Waals surface area contributed by atoms with Crippen molar-refractivity contribution in [1.29, 1.82) is 0 Å². The summed E-state index contributed by atoms with van der Waals surface area (Å²) in [5.74, 6) is 0.0419. The standard InChI is InChI=1S/C22H28N2O4/c1-15(2)16-3-5-19-18(13-16)14-17(21(26)23-19)4-6-20(25)24-9-7-22(8-10-24)27-11-12-28-22/h3,5,13-15H,4,6-12H2,1-2H3,(H,23,26). The van der Waals surface area contributed by atoms with Crippen LogP contribution < -0.4 is 5.56 Å². The topological polar surface area (TPSA) is 71.6 Å². The van der Waals surface area contributed by atoms with Gasteiger partial charge in [-0.15, -0.1) is 0 Å². The lowest BCUT2D eigenvalue weighted by molar-refractivity contribution is -0.187. The molecule has 1 amide bonds. The molecule has 0 atom stereocenters. The lowest BCUT2D eigenvalue weighted by Crippen LogP contribution is -2.47. The van der Waals surface area contributed by atoms with E-state index in [4.69, 9.17) is 9.47 Å². The molecule has 4 rings (SSSR count). The quantitative estimate of drug-likeness (QED) is 0.880. The van der Waals surface area contributed by atoms with Crippen LogP contribution in [0, 0.1) is 0 Å². The predicted octanol–water partition coefficient (Wildman–Crippen LogP) is 2.95. The van der Waals surface area contributed by atoms with Crippen LogP contribution in [0.5, 0.6) is 0 Å². The van der Waals surface area contributed by atoms with Gasteiger partial charge in [0.25, 0.3) is 5.56 Å². The van der Waals surface area contributed by atoms with Crippen molar-refractivity contribution in [2.45, 2.75) is 51.2 Å². The molecule has 0 aliphatic carbocycles. The van der Waals surface area contributed by atoms with Crippen LogP contribution in [0.25, 0.3) is 10.9 Å². The average molecular weight is 384 g/mol. The number of aromatic amines is 1. The highest BCUT2D eigenvalue weighted by atomic mass is 16.7. The summed E-state index contributed by atoms with van der Waals surface area (Å²) in [6.45, 7) is 6.86. The van der Waals surface area contributed by atoms with Crippen molar-refractivity contribution in [1.82, 2.24) is 9.88 Å². The monoisotopic (exact) mass is 384 g/mol. The van der Waals surface area contributed by atoms with Gasteiger partial charge in [-0.2, -0.15) is 0 Å². The van der Waals surface area contributed by atoms with Gasteiger partial charge in [0.1, 0.15) is 0 Å². The number of benzene rings is 1. The normalized spacial score (nSPS) is 19.0. The van der Waals surface area contributed by atoms with Crippen LogP contribution in [0.4, 0.5) is 0 Å². The van der Waals surface area contributed by atoms with Gasteiger partial charge in [0.05, 0.1) is 13.2 Å². The van der Waals surface area contributed by atoms with Crippen LogP contribution in [0.2, 0.25) is 0 Å². The lowest BCUT2D eigenvalue weighted by Gasteiger charge is -2.37. The third kappa shape index (κ3) is 3.84. The molecule has 2 saturated heterocycles. The van der Waals surface area contributed by atoms with Crippen LogP contribution in [-0.4, -0.2) is 47.9 Å². The Morgan fingerprint density at radius 1 is 1.18 bits per heavy atom. The zero-order valence-electron chi connectivity index (χ0n) is 16.6. The number of nitrogens with zero attached hydrogens (tertiary/aromatic N) is 1. The molecule has 1 aromatic carbocycles.